The van der Waals surface area contributed by atoms with E-state index in [0.29, 0.717) is 33.4 Å². The second-order valence-corrected chi connectivity index (χ2v) is 9.43. The summed E-state index contributed by atoms with van der Waals surface area (Å²) >= 11 is 1.53. The molecule has 2 aromatic carbocycles. The zero-order chi connectivity index (χ0) is 25.1. The van der Waals surface area contributed by atoms with Crippen LogP contribution in [0.25, 0.3) is 11.3 Å². The van der Waals surface area contributed by atoms with Crippen molar-refractivity contribution in [2.75, 3.05) is 13.7 Å². The quantitative estimate of drug-likeness (QED) is 0.173. The summed E-state index contributed by atoms with van der Waals surface area (Å²) in [5.41, 5.74) is 3.20. The van der Waals surface area contributed by atoms with E-state index in [1.54, 1.807) is 30.5 Å². The Hall–Kier alpha value is -4.26. The number of nitriles is 1. The summed E-state index contributed by atoms with van der Waals surface area (Å²) < 4.78 is 10.9. The molecule has 0 aliphatic carbocycles. The number of nitrogens with zero attached hydrogens (tertiary/aromatic N) is 4. The summed E-state index contributed by atoms with van der Waals surface area (Å²) in [6.45, 7) is 2.54. The van der Waals surface area contributed by atoms with E-state index in [1.165, 1.54) is 30.1 Å². The van der Waals surface area contributed by atoms with E-state index in [-0.39, 0.29) is 5.69 Å². The summed E-state index contributed by atoms with van der Waals surface area (Å²) in [5.74, 6) is 1.19. The van der Waals surface area contributed by atoms with Gasteiger partial charge >= 0.3 is 0 Å². The summed E-state index contributed by atoms with van der Waals surface area (Å²) in [7, 11) is 1.46. The fraction of sp³-hybridized carbons (Fsp3) is 0.185. The summed E-state index contributed by atoms with van der Waals surface area (Å²) in [5, 5.41) is 22.0. The van der Waals surface area contributed by atoms with Crippen LogP contribution < -0.4 is 4.74 Å². The third-order valence-electron chi connectivity index (χ3n) is 6.08. The Morgan fingerprint density at radius 1 is 1.25 bits per heavy atom. The van der Waals surface area contributed by atoms with E-state index in [0.717, 1.165) is 36.5 Å². The molecule has 2 aromatic heterocycles. The van der Waals surface area contributed by atoms with Crippen molar-refractivity contribution in [1.82, 2.24) is 4.90 Å². The van der Waals surface area contributed by atoms with Gasteiger partial charge in [-0.2, -0.15) is 5.26 Å². The van der Waals surface area contributed by atoms with E-state index < -0.39 is 4.92 Å². The van der Waals surface area contributed by atoms with E-state index in [2.05, 4.69) is 28.1 Å². The minimum absolute atomic E-state index is 0.107. The number of aliphatic imine (C=N–C) groups is 1. The van der Waals surface area contributed by atoms with Crippen LogP contribution >= 0.6 is 11.3 Å². The molecule has 0 amide bonds. The number of benzene rings is 2. The normalized spacial score (nSPS) is 13.4. The first-order valence-corrected chi connectivity index (χ1v) is 12.1. The van der Waals surface area contributed by atoms with Gasteiger partial charge in [0.1, 0.15) is 28.3 Å². The standard InChI is InChI=1S/C27H22N4O4S/c1-34-19-7-9-22(24(13-19)31(32)33)25-10-8-20(35-25)15-29-27-23(14-28)21-11-12-30(17-26(21)36-27)16-18-5-3-2-4-6-18/h2-10,13,15H,11-12,16-17H2,1H3. The van der Waals surface area contributed by atoms with Crippen LogP contribution in [0.2, 0.25) is 0 Å². The fourth-order valence-corrected chi connectivity index (χ4v) is 5.50. The van der Waals surface area contributed by atoms with E-state index in [4.69, 9.17) is 9.15 Å². The van der Waals surface area contributed by atoms with E-state index in [9.17, 15) is 15.4 Å². The molecule has 5 rings (SSSR count). The Morgan fingerprint density at radius 2 is 2.08 bits per heavy atom. The van der Waals surface area contributed by atoms with Crippen LogP contribution in [0, 0.1) is 21.4 Å². The first-order valence-electron chi connectivity index (χ1n) is 11.3. The predicted molar refractivity (Wildman–Crippen MR) is 138 cm³/mol. The van der Waals surface area contributed by atoms with Gasteiger partial charge in [-0.05, 0) is 41.8 Å². The molecule has 1 aliphatic rings. The van der Waals surface area contributed by atoms with Crippen LogP contribution in [-0.4, -0.2) is 29.7 Å². The van der Waals surface area contributed by atoms with Crippen molar-refractivity contribution in [1.29, 1.82) is 5.26 Å². The molecule has 4 aromatic rings. The van der Waals surface area contributed by atoms with Gasteiger partial charge in [-0.1, -0.05) is 30.3 Å². The lowest BCUT2D eigenvalue weighted by atomic mass is 10.0. The maximum Gasteiger partial charge on any atom is 0.284 e. The van der Waals surface area contributed by atoms with Crippen LogP contribution in [-0.2, 0) is 19.5 Å². The lowest BCUT2D eigenvalue weighted by Gasteiger charge is -2.26. The summed E-state index contributed by atoms with van der Waals surface area (Å²) in [6, 6.07) is 20.7. The van der Waals surface area contributed by atoms with Crippen molar-refractivity contribution in [3.8, 4) is 23.1 Å². The Balaban J connectivity index is 1.36. The first kappa shape index (κ1) is 23.5. The van der Waals surface area contributed by atoms with Gasteiger partial charge in [-0.15, -0.1) is 11.3 Å². The van der Waals surface area contributed by atoms with Crippen molar-refractivity contribution in [2.45, 2.75) is 19.5 Å². The molecule has 0 bridgehead atoms. The monoisotopic (exact) mass is 498 g/mol. The van der Waals surface area contributed by atoms with Gasteiger partial charge in [0, 0.05) is 24.5 Å². The average molecular weight is 499 g/mol. The second kappa shape index (κ2) is 10.2. The van der Waals surface area contributed by atoms with Gasteiger partial charge in [0.25, 0.3) is 5.69 Å². The Kier molecular flexibility index (Phi) is 6.62. The van der Waals surface area contributed by atoms with Gasteiger partial charge < -0.3 is 9.15 Å². The van der Waals surface area contributed by atoms with Gasteiger partial charge in [-0.3, -0.25) is 15.0 Å². The van der Waals surface area contributed by atoms with Crippen LogP contribution in [0.15, 0.2) is 70.1 Å². The number of thiophene rings is 1. The molecular formula is C27H22N4O4S. The lowest BCUT2D eigenvalue weighted by molar-refractivity contribution is -0.384. The third-order valence-corrected chi connectivity index (χ3v) is 7.21. The fourth-order valence-electron chi connectivity index (χ4n) is 4.31. The van der Waals surface area contributed by atoms with Crippen LogP contribution in [0.4, 0.5) is 10.7 Å². The van der Waals surface area contributed by atoms with Crippen molar-refractivity contribution < 1.29 is 14.1 Å². The number of ether oxygens (including phenoxy) is 1. The predicted octanol–water partition coefficient (Wildman–Crippen LogP) is 6.11. The Bertz CT molecular complexity index is 1480. The molecule has 9 heteroatoms. The molecule has 0 atom stereocenters. The molecule has 0 N–H and O–H groups in total. The molecule has 36 heavy (non-hydrogen) atoms. The number of fused-ring (bicyclic) bond motifs is 1. The highest BCUT2D eigenvalue weighted by atomic mass is 32.1. The highest BCUT2D eigenvalue weighted by Gasteiger charge is 2.24. The molecule has 0 fully saturated rings. The number of hydrogen-bond acceptors (Lipinski definition) is 8. The first-order chi connectivity index (χ1) is 17.6. The average Bonchev–Trinajstić information content (AvgIpc) is 3.51. The molecule has 0 saturated carbocycles. The number of furan rings is 1. The van der Waals surface area contributed by atoms with E-state index >= 15 is 0 Å². The topological polar surface area (TPSA) is 105 Å². The molecule has 180 valence electrons. The number of methoxy groups -OCH3 is 1. The molecule has 3 heterocycles. The number of nitro groups is 1. The zero-order valence-corrected chi connectivity index (χ0v) is 20.3. The summed E-state index contributed by atoms with van der Waals surface area (Å²) in [6.07, 6.45) is 2.36. The molecular weight excluding hydrogens is 476 g/mol. The molecule has 0 unspecified atom stereocenters. The molecule has 0 saturated heterocycles. The molecule has 1 aliphatic heterocycles. The molecule has 0 radical (unpaired) electrons. The van der Waals surface area contributed by atoms with Crippen molar-refractivity contribution in [3.63, 3.8) is 0 Å². The van der Waals surface area contributed by atoms with Crippen LogP contribution in [0.3, 0.4) is 0 Å². The maximum absolute atomic E-state index is 11.5. The van der Waals surface area contributed by atoms with E-state index in [1.807, 2.05) is 18.2 Å². The van der Waals surface area contributed by atoms with Crippen LogP contribution in [0.5, 0.6) is 5.75 Å². The minimum Gasteiger partial charge on any atom is -0.497 e. The number of nitro benzene ring substituents is 1. The van der Waals surface area contributed by atoms with Gasteiger partial charge in [0.05, 0.1) is 35.4 Å². The molecule has 0 spiro atoms. The smallest absolute Gasteiger partial charge is 0.284 e. The number of hydrogen-bond donors (Lipinski definition) is 0. The van der Waals surface area contributed by atoms with Gasteiger partial charge in [-0.25, -0.2) is 4.99 Å². The highest BCUT2D eigenvalue weighted by molar-refractivity contribution is 7.16. The third kappa shape index (κ3) is 4.77. The van der Waals surface area contributed by atoms with Crippen molar-refractivity contribution in [2.24, 2.45) is 4.99 Å². The largest absolute Gasteiger partial charge is 0.497 e. The lowest BCUT2D eigenvalue weighted by Crippen LogP contribution is -2.29. The second-order valence-electron chi connectivity index (χ2n) is 8.34. The zero-order valence-electron chi connectivity index (χ0n) is 19.5. The van der Waals surface area contributed by atoms with Gasteiger partial charge in [0.15, 0.2) is 0 Å². The summed E-state index contributed by atoms with van der Waals surface area (Å²) in [4.78, 5) is 19.2. The highest BCUT2D eigenvalue weighted by Crippen LogP contribution is 2.39. The van der Waals surface area contributed by atoms with Crippen LogP contribution in [0.1, 0.15) is 27.3 Å². The van der Waals surface area contributed by atoms with Gasteiger partial charge in [0.2, 0.25) is 0 Å². The number of rotatable bonds is 7. The maximum atomic E-state index is 11.5. The van der Waals surface area contributed by atoms with Crippen molar-refractivity contribution in [3.05, 3.63) is 98.1 Å². The Morgan fingerprint density at radius 3 is 2.83 bits per heavy atom. The molecule has 8 nitrogen and oxygen atoms in total. The van der Waals surface area contributed by atoms with Crippen molar-refractivity contribution >= 4 is 28.2 Å². The Labute approximate surface area is 211 Å². The minimum atomic E-state index is -0.468. The SMILES string of the molecule is COc1ccc(-c2ccc(C=Nc3sc4c(c3C#N)CCN(Cc3ccccc3)C4)o2)c([N+](=O)[O-])c1.